The fourth-order valence-electron chi connectivity index (χ4n) is 4.04. The second-order valence-electron chi connectivity index (χ2n) is 8.19. The van der Waals surface area contributed by atoms with Crippen molar-refractivity contribution in [1.82, 2.24) is 0 Å². The van der Waals surface area contributed by atoms with Crippen LogP contribution in [0.2, 0.25) is 0 Å². The molecule has 4 rings (SSSR count). The number of benzene rings is 3. The number of nitrogens with zero attached hydrogens (tertiary/aromatic N) is 1. The third-order valence-electron chi connectivity index (χ3n) is 5.52. The smallest absolute Gasteiger partial charge is 0.261 e. The molecule has 0 bridgehead atoms. The van der Waals surface area contributed by atoms with Gasteiger partial charge in [0.15, 0.2) is 11.5 Å². The summed E-state index contributed by atoms with van der Waals surface area (Å²) in [6, 6.07) is 22.9. The molecule has 0 fully saturated rings. The van der Waals surface area contributed by atoms with E-state index >= 15 is 0 Å². The van der Waals surface area contributed by atoms with E-state index in [0.29, 0.717) is 28.3 Å². The fourth-order valence-corrected chi connectivity index (χ4v) is 4.04. The highest BCUT2D eigenvalue weighted by Gasteiger charge is 2.40. The molecule has 3 aromatic rings. The summed E-state index contributed by atoms with van der Waals surface area (Å²) in [5, 5.41) is 0. The topological polar surface area (TPSA) is 64.8 Å². The van der Waals surface area contributed by atoms with E-state index in [-0.39, 0.29) is 18.1 Å². The van der Waals surface area contributed by atoms with E-state index < -0.39 is 0 Å². The average Bonchev–Trinajstić information content (AvgIpc) is 3.05. The number of anilines is 1. The molecule has 0 saturated carbocycles. The first-order valence-corrected chi connectivity index (χ1v) is 10.7. The van der Waals surface area contributed by atoms with Crippen LogP contribution in [0, 0.1) is 6.92 Å². The molecule has 1 atom stereocenters. The van der Waals surface area contributed by atoms with Gasteiger partial charge >= 0.3 is 0 Å². The highest BCUT2D eigenvalue weighted by molar-refractivity contribution is 6.30. The number of hydrogen-bond donors (Lipinski definition) is 1. The van der Waals surface area contributed by atoms with E-state index in [1.807, 2.05) is 93.6 Å². The highest BCUT2D eigenvalue weighted by Crippen LogP contribution is 2.43. The summed E-state index contributed by atoms with van der Waals surface area (Å²) < 4.78 is 11.4. The van der Waals surface area contributed by atoms with Crippen molar-refractivity contribution >= 4 is 17.2 Å². The lowest BCUT2D eigenvalue weighted by atomic mass is 9.99. The molecule has 32 heavy (non-hydrogen) atoms. The van der Waals surface area contributed by atoms with Crippen LogP contribution >= 0.6 is 0 Å². The van der Waals surface area contributed by atoms with Gasteiger partial charge in [-0.15, -0.1) is 0 Å². The first kappa shape index (κ1) is 21.5. The van der Waals surface area contributed by atoms with Gasteiger partial charge in [-0.2, -0.15) is 0 Å². The first-order valence-electron chi connectivity index (χ1n) is 10.7. The number of methoxy groups -OCH3 is 1. The number of carbonyl (C=O) groups excluding carboxylic acids is 1. The minimum Gasteiger partial charge on any atom is -0.493 e. The van der Waals surface area contributed by atoms with E-state index in [1.165, 1.54) is 0 Å². The predicted molar refractivity (Wildman–Crippen MR) is 128 cm³/mol. The Labute approximate surface area is 189 Å². The second kappa shape index (κ2) is 8.79. The van der Waals surface area contributed by atoms with Crippen molar-refractivity contribution in [3.63, 3.8) is 0 Å². The third-order valence-corrected chi connectivity index (χ3v) is 5.52. The summed E-state index contributed by atoms with van der Waals surface area (Å²) in [4.78, 5) is 15.5. The van der Waals surface area contributed by atoms with Crippen LogP contribution in [0.3, 0.4) is 0 Å². The highest BCUT2D eigenvalue weighted by atomic mass is 16.5. The average molecular weight is 429 g/mol. The Hall–Kier alpha value is -3.73. The molecular weight excluding hydrogens is 400 g/mol. The third kappa shape index (κ3) is 3.94. The van der Waals surface area contributed by atoms with Gasteiger partial charge in [0.05, 0.1) is 18.8 Å². The molecule has 3 aromatic carbocycles. The van der Waals surface area contributed by atoms with Gasteiger partial charge in [0.25, 0.3) is 5.91 Å². The lowest BCUT2D eigenvalue weighted by Gasteiger charge is -2.26. The van der Waals surface area contributed by atoms with Gasteiger partial charge in [0, 0.05) is 11.4 Å². The minimum atomic E-state index is -0.390. The molecule has 1 aliphatic rings. The second-order valence-corrected chi connectivity index (χ2v) is 8.19. The van der Waals surface area contributed by atoms with Crippen molar-refractivity contribution in [3.8, 4) is 11.5 Å². The summed E-state index contributed by atoms with van der Waals surface area (Å²) in [6.07, 6.45) is 0.00615. The fraction of sp³-hybridized carbons (Fsp3) is 0.222. The lowest BCUT2D eigenvalue weighted by molar-refractivity contribution is -0.113. The van der Waals surface area contributed by atoms with Crippen LogP contribution in [-0.4, -0.2) is 19.1 Å². The number of nitrogens with two attached hydrogens (primary N) is 1. The molecule has 0 spiro atoms. The van der Waals surface area contributed by atoms with Crippen LogP contribution in [0.5, 0.6) is 11.5 Å². The zero-order chi connectivity index (χ0) is 22.8. The first-order chi connectivity index (χ1) is 15.4. The van der Waals surface area contributed by atoms with Gasteiger partial charge in [-0.25, -0.2) is 0 Å². The molecule has 0 aliphatic carbocycles. The number of ether oxygens (including phenoxy) is 2. The van der Waals surface area contributed by atoms with Gasteiger partial charge in [0.1, 0.15) is 6.04 Å². The summed E-state index contributed by atoms with van der Waals surface area (Å²) in [6.45, 7) is 5.94. The van der Waals surface area contributed by atoms with Gasteiger partial charge in [0.2, 0.25) is 0 Å². The molecule has 5 heteroatoms. The quantitative estimate of drug-likeness (QED) is 0.582. The maximum Gasteiger partial charge on any atom is 0.261 e. The maximum absolute atomic E-state index is 13.8. The van der Waals surface area contributed by atoms with Crippen molar-refractivity contribution in [2.45, 2.75) is 32.9 Å². The Bertz CT molecular complexity index is 1150. The van der Waals surface area contributed by atoms with Crippen LogP contribution < -0.4 is 20.1 Å². The molecule has 0 aromatic heterocycles. The van der Waals surface area contributed by atoms with Crippen LogP contribution in [0.15, 0.2) is 78.5 Å². The van der Waals surface area contributed by atoms with Crippen molar-refractivity contribution in [1.29, 1.82) is 0 Å². The Kier molecular flexibility index (Phi) is 5.91. The SMILES string of the molecule is COc1cc(C2=C(N)C(c3ccccc3)N(c3ccc(C)cc3)C2=O)ccc1OC(C)C. The van der Waals surface area contributed by atoms with Crippen molar-refractivity contribution in [2.75, 3.05) is 12.0 Å². The monoisotopic (exact) mass is 428 g/mol. The largest absolute Gasteiger partial charge is 0.493 e. The zero-order valence-electron chi connectivity index (χ0n) is 18.8. The maximum atomic E-state index is 13.8. The molecular formula is C27H28N2O3. The Balaban J connectivity index is 1.84. The van der Waals surface area contributed by atoms with Gasteiger partial charge in [-0.3, -0.25) is 9.69 Å². The molecule has 0 radical (unpaired) electrons. The normalized spacial score (nSPS) is 16.1. The van der Waals surface area contributed by atoms with Crippen LogP contribution in [-0.2, 0) is 4.79 Å². The van der Waals surface area contributed by atoms with E-state index in [2.05, 4.69) is 0 Å². The standard InChI is InChI=1S/C27H28N2O3/c1-17(2)32-22-15-12-20(16-23(22)31-4)24-25(28)26(19-8-6-5-7-9-19)29(27(24)30)21-13-10-18(3)11-14-21/h5-17,26H,28H2,1-4H3. The van der Waals surface area contributed by atoms with Crippen LogP contribution in [0.1, 0.15) is 36.6 Å². The Morgan fingerprint density at radius 1 is 0.938 bits per heavy atom. The van der Waals surface area contributed by atoms with Gasteiger partial charge in [-0.05, 0) is 56.2 Å². The molecule has 0 saturated heterocycles. The number of carbonyl (C=O) groups is 1. The summed E-state index contributed by atoms with van der Waals surface area (Å²) in [5.41, 5.74) is 11.3. The zero-order valence-corrected chi connectivity index (χ0v) is 18.8. The summed E-state index contributed by atoms with van der Waals surface area (Å²) >= 11 is 0. The number of amides is 1. The summed E-state index contributed by atoms with van der Waals surface area (Å²) in [5.74, 6) is 1.06. The van der Waals surface area contributed by atoms with E-state index in [4.69, 9.17) is 15.2 Å². The Morgan fingerprint density at radius 2 is 1.62 bits per heavy atom. The van der Waals surface area contributed by atoms with Crippen molar-refractivity contribution in [2.24, 2.45) is 5.73 Å². The van der Waals surface area contributed by atoms with Crippen molar-refractivity contribution < 1.29 is 14.3 Å². The molecule has 1 unspecified atom stereocenters. The lowest BCUT2D eigenvalue weighted by Crippen LogP contribution is -2.30. The number of rotatable bonds is 6. The van der Waals surface area contributed by atoms with E-state index in [0.717, 1.165) is 16.8 Å². The molecule has 1 heterocycles. The number of aryl methyl sites for hydroxylation is 1. The molecule has 1 aliphatic heterocycles. The van der Waals surface area contributed by atoms with Crippen LogP contribution in [0.25, 0.3) is 5.57 Å². The molecule has 5 nitrogen and oxygen atoms in total. The van der Waals surface area contributed by atoms with E-state index in [1.54, 1.807) is 12.0 Å². The minimum absolute atomic E-state index is 0.00615. The molecule has 1 amide bonds. The summed E-state index contributed by atoms with van der Waals surface area (Å²) in [7, 11) is 1.59. The van der Waals surface area contributed by atoms with Crippen molar-refractivity contribution in [3.05, 3.63) is 95.2 Å². The predicted octanol–water partition coefficient (Wildman–Crippen LogP) is 5.25. The molecule has 2 N–H and O–H groups in total. The Morgan fingerprint density at radius 3 is 2.25 bits per heavy atom. The van der Waals surface area contributed by atoms with Crippen LogP contribution in [0.4, 0.5) is 5.69 Å². The number of hydrogen-bond acceptors (Lipinski definition) is 4. The van der Waals surface area contributed by atoms with Gasteiger partial charge in [-0.1, -0.05) is 54.1 Å². The molecule has 164 valence electrons. The van der Waals surface area contributed by atoms with E-state index in [9.17, 15) is 4.79 Å². The van der Waals surface area contributed by atoms with Gasteiger partial charge < -0.3 is 15.2 Å².